The van der Waals surface area contributed by atoms with Crippen LogP contribution in [0.5, 0.6) is 0 Å². The number of ketones is 1. The van der Waals surface area contributed by atoms with Crippen molar-refractivity contribution in [3.05, 3.63) is 96.7 Å². The zero-order valence-electron chi connectivity index (χ0n) is 14.3. The molecule has 0 aliphatic carbocycles. The van der Waals surface area contributed by atoms with Crippen LogP contribution in [-0.4, -0.2) is 10.8 Å². The van der Waals surface area contributed by atoms with Gasteiger partial charge in [-0.3, -0.25) is 4.79 Å². The van der Waals surface area contributed by atoms with Crippen LogP contribution in [0.25, 0.3) is 22.0 Å². The summed E-state index contributed by atoms with van der Waals surface area (Å²) in [6, 6.07) is 21.6. The molecule has 1 aromatic heterocycles. The van der Waals surface area contributed by atoms with Crippen LogP contribution in [0.3, 0.4) is 0 Å². The quantitative estimate of drug-likeness (QED) is 0.366. The van der Waals surface area contributed by atoms with Crippen LogP contribution in [0.15, 0.2) is 85.3 Å². The highest BCUT2D eigenvalue weighted by Gasteiger charge is 2.14. The summed E-state index contributed by atoms with van der Waals surface area (Å²) in [6.45, 7) is 0.213. The molecule has 0 unspecified atom stereocenters. The fourth-order valence-corrected chi connectivity index (χ4v) is 2.99. The Morgan fingerprint density at radius 1 is 0.926 bits per heavy atom. The number of carbonyl (C=O) groups excluding carboxylic acids is 1. The molecule has 0 atom stereocenters. The Morgan fingerprint density at radius 3 is 2.41 bits per heavy atom. The number of nitrogens with zero attached hydrogens (tertiary/aromatic N) is 2. The van der Waals surface area contributed by atoms with Gasteiger partial charge in [0.25, 0.3) is 6.33 Å². The molecule has 1 heterocycles. The average Bonchev–Trinajstić information content (AvgIpc) is 2.69. The Balaban J connectivity index is 0.00000210. The third-order valence-electron chi connectivity index (χ3n) is 4.33. The predicted octanol–water partition coefficient (Wildman–Crippen LogP) is 1.22. The molecule has 27 heavy (non-hydrogen) atoms. The Morgan fingerprint density at radius 2 is 1.67 bits per heavy atom. The fraction of sp³-hybridized carbons (Fsp3) is 0.0455. The Hall–Kier alpha value is -2.92. The van der Waals surface area contributed by atoms with Crippen molar-refractivity contribution in [1.82, 2.24) is 4.98 Å². The van der Waals surface area contributed by atoms with E-state index in [9.17, 15) is 9.18 Å². The third kappa shape index (κ3) is 4.09. The molecule has 0 spiro atoms. The number of hydrogen-bond donors (Lipinski definition) is 0. The van der Waals surface area contributed by atoms with Crippen LogP contribution >= 0.6 is 0 Å². The molecule has 0 radical (unpaired) electrons. The number of carbonyl (C=O) groups is 1. The molecule has 134 valence electrons. The molecular formula is C22H16BrFN2O. The molecule has 0 bridgehead atoms. The molecule has 0 saturated heterocycles. The lowest BCUT2D eigenvalue weighted by molar-refractivity contribution is -0.686. The van der Waals surface area contributed by atoms with Gasteiger partial charge in [-0.15, -0.1) is 0 Å². The van der Waals surface area contributed by atoms with Gasteiger partial charge in [-0.05, 0) is 40.0 Å². The van der Waals surface area contributed by atoms with Gasteiger partial charge in [-0.1, -0.05) is 42.5 Å². The lowest BCUT2D eigenvalue weighted by atomic mass is 10.0. The summed E-state index contributed by atoms with van der Waals surface area (Å²) < 4.78 is 14.8. The topological polar surface area (TPSA) is 33.8 Å². The SMILES string of the molecule is O=C(C[n+]1ccc(-c2ccc(F)cc2)nc1)c1cccc2ccccc12.[Br-]. The van der Waals surface area contributed by atoms with Crippen molar-refractivity contribution >= 4 is 16.6 Å². The number of Topliss-reactive ketones (excluding diaryl/α,β-unsaturated/α-hetero) is 1. The van der Waals surface area contributed by atoms with Gasteiger partial charge in [0.2, 0.25) is 5.78 Å². The van der Waals surface area contributed by atoms with E-state index in [1.807, 2.05) is 54.7 Å². The van der Waals surface area contributed by atoms with E-state index < -0.39 is 0 Å². The molecule has 5 heteroatoms. The second-order valence-electron chi connectivity index (χ2n) is 6.07. The van der Waals surface area contributed by atoms with E-state index in [4.69, 9.17) is 0 Å². The maximum absolute atomic E-state index is 13.0. The number of fused-ring (bicyclic) bond motifs is 1. The monoisotopic (exact) mass is 422 g/mol. The lowest BCUT2D eigenvalue weighted by Crippen LogP contribution is -3.00. The normalized spacial score (nSPS) is 10.4. The zero-order valence-corrected chi connectivity index (χ0v) is 15.9. The van der Waals surface area contributed by atoms with Gasteiger partial charge in [0, 0.05) is 17.2 Å². The molecule has 0 aliphatic heterocycles. The largest absolute Gasteiger partial charge is 1.00 e. The minimum Gasteiger partial charge on any atom is -1.00 e. The summed E-state index contributed by atoms with van der Waals surface area (Å²) >= 11 is 0. The lowest BCUT2D eigenvalue weighted by Gasteiger charge is -2.05. The molecule has 3 nitrogen and oxygen atoms in total. The summed E-state index contributed by atoms with van der Waals surface area (Å²) in [4.78, 5) is 17.1. The highest BCUT2D eigenvalue weighted by atomic mass is 79.9. The van der Waals surface area contributed by atoms with Crippen LogP contribution in [0.1, 0.15) is 10.4 Å². The summed E-state index contributed by atoms with van der Waals surface area (Å²) in [7, 11) is 0. The van der Waals surface area contributed by atoms with Gasteiger partial charge in [-0.25, -0.2) is 8.96 Å². The maximum atomic E-state index is 13.0. The summed E-state index contributed by atoms with van der Waals surface area (Å²) in [5, 5.41) is 2.00. The van der Waals surface area contributed by atoms with E-state index in [-0.39, 0.29) is 35.1 Å². The van der Waals surface area contributed by atoms with Crippen LogP contribution in [0, 0.1) is 5.82 Å². The fourth-order valence-electron chi connectivity index (χ4n) is 2.99. The molecule has 4 rings (SSSR count). The smallest absolute Gasteiger partial charge is 0.287 e. The first-order valence-corrected chi connectivity index (χ1v) is 8.33. The van der Waals surface area contributed by atoms with E-state index in [1.54, 1.807) is 23.0 Å². The molecule has 0 aliphatic rings. The van der Waals surface area contributed by atoms with Gasteiger partial charge >= 0.3 is 0 Å². The van der Waals surface area contributed by atoms with E-state index in [0.29, 0.717) is 5.56 Å². The molecule has 0 amide bonds. The summed E-state index contributed by atoms with van der Waals surface area (Å²) in [5.74, 6) is -0.247. The molecule has 0 saturated carbocycles. The van der Waals surface area contributed by atoms with E-state index in [1.165, 1.54) is 12.1 Å². The Bertz CT molecular complexity index is 1070. The standard InChI is InChI=1S/C22H16FN2O.BrH/c23-18-10-8-17(9-11-18)21-12-13-25(15-24-21)14-22(26)20-7-3-5-16-4-1-2-6-19(16)20;/h1-13,15H,14H2;1H/q+1;/p-1. The van der Waals surface area contributed by atoms with Crippen molar-refractivity contribution in [3.63, 3.8) is 0 Å². The number of aromatic nitrogens is 2. The molecule has 4 aromatic rings. The maximum Gasteiger partial charge on any atom is 0.287 e. The van der Waals surface area contributed by atoms with Gasteiger partial charge in [-0.2, -0.15) is 0 Å². The van der Waals surface area contributed by atoms with Gasteiger partial charge in [0.15, 0.2) is 12.2 Å². The van der Waals surface area contributed by atoms with Gasteiger partial charge in [0.1, 0.15) is 5.82 Å². The van der Waals surface area contributed by atoms with Crippen molar-refractivity contribution in [1.29, 1.82) is 0 Å². The first-order valence-electron chi connectivity index (χ1n) is 8.33. The number of rotatable bonds is 4. The highest BCUT2D eigenvalue weighted by Crippen LogP contribution is 2.19. The minimum absolute atomic E-state index is 0. The van der Waals surface area contributed by atoms with E-state index in [0.717, 1.165) is 22.0 Å². The van der Waals surface area contributed by atoms with E-state index in [2.05, 4.69) is 4.98 Å². The van der Waals surface area contributed by atoms with Crippen molar-refractivity contribution in [2.75, 3.05) is 0 Å². The summed E-state index contributed by atoms with van der Waals surface area (Å²) in [6.07, 6.45) is 3.44. The van der Waals surface area contributed by atoms with Gasteiger partial charge < -0.3 is 17.0 Å². The van der Waals surface area contributed by atoms with Crippen molar-refractivity contribution in [2.24, 2.45) is 0 Å². The van der Waals surface area contributed by atoms with Crippen molar-refractivity contribution in [2.45, 2.75) is 6.54 Å². The zero-order chi connectivity index (χ0) is 17.9. The number of benzene rings is 3. The second-order valence-corrected chi connectivity index (χ2v) is 6.07. The van der Waals surface area contributed by atoms with Crippen LogP contribution in [0.4, 0.5) is 4.39 Å². The third-order valence-corrected chi connectivity index (χ3v) is 4.33. The van der Waals surface area contributed by atoms with Crippen molar-refractivity contribution < 1.29 is 30.7 Å². The predicted molar refractivity (Wildman–Crippen MR) is 98.1 cm³/mol. The van der Waals surface area contributed by atoms with Crippen LogP contribution in [0.2, 0.25) is 0 Å². The summed E-state index contributed by atoms with van der Waals surface area (Å²) in [5.41, 5.74) is 2.27. The first kappa shape index (κ1) is 18.9. The Kier molecular flexibility index (Phi) is 5.72. The molecular weight excluding hydrogens is 407 g/mol. The van der Waals surface area contributed by atoms with Crippen LogP contribution in [-0.2, 0) is 6.54 Å². The minimum atomic E-state index is -0.277. The molecule has 3 aromatic carbocycles. The van der Waals surface area contributed by atoms with E-state index >= 15 is 0 Å². The number of hydrogen-bond acceptors (Lipinski definition) is 2. The van der Waals surface area contributed by atoms with Crippen molar-refractivity contribution in [3.8, 4) is 11.3 Å². The first-order chi connectivity index (χ1) is 12.7. The second kappa shape index (κ2) is 8.18. The van der Waals surface area contributed by atoms with Gasteiger partial charge in [0.05, 0.1) is 6.20 Å². The average molecular weight is 423 g/mol. The number of halogens is 2. The van der Waals surface area contributed by atoms with Crippen LogP contribution < -0.4 is 21.5 Å². The molecule has 0 fully saturated rings. The molecule has 0 N–H and O–H groups in total. The Labute approximate surface area is 166 Å². The highest BCUT2D eigenvalue weighted by molar-refractivity contribution is 6.07.